The van der Waals surface area contributed by atoms with Crippen LogP contribution in [0.4, 0.5) is 0 Å². The van der Waals surface area contributed by atoms with Gasteiger partial charge in [-0.2, -0.15) is 0 Å². The van der Waals surface area contributed by atoms with Crippen LogP contribution in [0.2, 0.25) is 0 Å². The minimum Gasteiger partial charge on any atom is -0.299 e. The molecule has 0 aromatic rings. The third-order valence-corrected chi connectivity index (χ3v) is 4.78. The van der Waals surface area contributed by atoms with E-state index in [1.54, 1.807) is 0 Å². The minimum atomic E-state index is 0.265. The number of hydrogen-bond acceptors (Lipinski definition) is 2. The zero-order chi connectivity index (χ0) is 12.3. The second-order valence-corrected chi connectivity index (χ2v) is 5.99. The van der Waals surface area contributed by atoms with Crippen molar-refractivity contribution in [2.75, 3.05) is 13.1 Å². The lowest BCUT2D eigenvalue weighted by molar-refractivity contribution is -0.126. The molecule has 2 unspecified atom stereocenters. The Balaban J connectivity index is 1.95. The molecule has 1 saturated carbocycles. The predicted molar refractivity (Wildman–Crippen MR) is 71.0 cm³/mol. The Morgan fingerprint density at radius 2 is 2.00 bits per heavy atom. The number of ketones is 1. The number of nitrogens with zero attached hydrogens (tertiary/aromatic N) is 1. The van der Waals surface area contributed by atoms with E-state index in [0.29, 0.717) is 5.78 Å². The van der Waals surface area contributed by atoms with Crippen LogP contribution in [-0.4, -0.2) is 29.8 Å². The van der Waals surface area contributed by atoms with Crippen molar-refractivity contribution in [3.8, 4) is 0 Å². The number of hydrogen-bond donors (Lipinski definition) is 0. The zero-order valence-corrected chi connectivity index (χ0v) is 11.5. The van der Waals surface area contributed by atoms with E-state index in [-0.39, 0.29) is 5.92 Å². The van der Waals surface area contributed by atoms with Crippen molar-refractivity contribution < 1.29 is 4.79 Å². The summed E-state index contributed by atoms with van der Waals surface area (Å²) in [5, 5.41) is 0. The molecule has 1 aliphatic carbocycles. The largest absolute Gasteiger partial charge is 0.299 e. The van der Waals surface area contributed by atoms with Gasteiger partial charge in [-0.25, -0.2) is 0 Å². The highest BCUT2D eigenvalue weighted by atomic mass is 16.1. The van der Waals surface area contributed by atoms with E-state index in [9.17, 15) is 4.79 Å². The van der Waals surface area contributed by atoms with Gasteiger partial charge in [0.25, 0.3) is 0 Å². The van der Waals surface area contributed by atoms with E-state index in [1.165, 1.54) is 38.5 Å². The molecule has 0 radical (unpaired) electrons. The summed E-state index contributed by atoms with van der Waals surface area (Å²) in [5.41, 5.74) is 0. The van der Waals surface area contributed by atoms with Crippen LogP contribution in [0.15, 0.2) is 0 Å². The maximum absolute atomic E-state index is 11.6. The number of rotatable bonds is 3. The van der Waals surface area contributed by atoms with Crippen LogP contribution >= 0.6 is 0 Å². The molecule has 0 aromatic carbocycles. The molecule has 2 heteroatoms. The van der Waals surface area contributed by atoms with Crippen molar-refractivity contribution in [1.29, 1.82) is 0 Å². The first kappa shape index (κ1) is 13.1. The van der Waals surface area contributed by atoms with Crippen LogP contribution in [0, 0.1) is 11.8 Å². The topological polar surface area (TPSA) is 20.3 Å². The molecule has 2 aliphatic rings. The van der Waals surface area contributed by atoms with Crippen LogP contribution < -0.4 is 0 Å². The Hall–Kier alpha value is -0.370. The average molecular weight is 237 g/mol. The van der Waals surface area contributed by atoms with Crippen molar-refractivity contribution in [2.45, 2.75) is 64.8 Å². The van der Waals surface area contributed by atoms with E-state index in [2.05, 4.69) is 18.7 Å². The molecule has 1 saturated heterocycles. The highest BCUT2D eigenvalue weighted by molar-refractivity contribution is 5.81. The number of likely N-dealkylation sites (tertiary alicyclic amines) is 1. The first-order chi connectivity index (χ1) is 8.22. The summed E-state index contributed by atoms with van der Waals surface area (Å²) in [5.74, 6) is 1.63. The number of Topliss-reactive ketones (excluding diaryl/α,β-unsaturated/α-hetero) is 1. The Labute approximate surface area is 106 Å². The van der Waals surface area contributed by atoms with Crippen molar-refractivity contribution in [2.24, 2.45) is 11.8 Å². The Morgan fingerprint density at radius 3 is 2.59 bits per heavy atom. The van der Waals surface area contributed by atoms with Gasteiger partial charge in [0.1, 0.15) is 5.78 Å². The lowest BCUT2D eigenvalue weighted by Gasteiger charge is -2.41. The third-order valence-electron chi connectivity index (χ3n) is 4.78. The molecular formula is C15H27NO. The lowest BCUT2D eigenvalue weighted by Crippen LogP contribution is -2.48. The first-order valence-corrected chi connectivity index (χ1v) is 7.49. The first-order valence-electron chi connectivity index (χ1n) is 7.49. The van der Waals surface area contributed by atoms with E-state index in [1.807, 2.05) is 0 Å². The normalized spacial score (nSPS) is 30.5. The maximum Gasteiger partial charge on any atom is 0.138 e. The van der Waals surface area contributed by atoms with E-state index in [4.69, 9.17) is 0 Å². The molecule has 0 spiro atoms. The maximum atomic E-state index is 11.6. The fraction of sp³-hybridized carbons (Fsp3) is 0.933. The van der Waals surface area contributed by atoms with Crippen molar-refractivity contribution in [1.82, 2.24) is 4.90 Å². The Kier molecular flexibility index (Phi) is 4.61. The van der Waals surface area contributed by atoms with Crippen molar-refractivity contribution in [3.63, 3.8) is 0 Å². The van der Waals surface area contributed by atoms with Gasteiger partial charge < -0.3 is 0 Å². The van der Waals surface area contributed by atoms with Gasteiger partial charge in [-0.1, -0.05) is 33.1 Å². The van der Waals surface area contributed by atoms with Crippen LogP contribution in [0.1, 0.15) is 58.8 Å². The summed E-state index contributed by atoms with van der Waals surface area (Å²) in [6.45, 7) is 6.44. The fourth-order valence-corrected chi connectivity index (χ4v) is 3.75. The summed E-state index contributed by atoms with van der Waals surface area (Å²) in [6, 6.07) is 0.742. The molecule has 0 aromatic heterocycles. The third kappa shape index (κ3) is 3.09. The van der Waals surface area contributed by atoms with E-state index < -0.39 is 0 Å². The second-order valence-electron chi connectivity index (χ2n) is 5.99. The zero-order valence-electron chi connectivity index (χ0n) is 11.5. The molecular weight excluding hydrogens is 210 g/mol. The summed E-state index contributed by atoms with van der Waals surface area (Å²) in [4.78, 5) is 14.2. The molecule has 2 fully saturated rings. The number of carbonyl (C=O) groups excluding carboxylic acids is 1. The molecule has 1 heterocycles. The van der Waals surface area contributed by atoms with Gasteiger partial charge in [0.05, 0.1) is 0 Å². The molecule has 2 atom stereocenters. The van der Waals surface area contributed by atoms with Gasteiger partial charge in [-0.3, -0.25) is 9.69 Å². The van der Waals surface area contributed by atoms with Crippen LogP contribution in [0.5, 0.6) is 0 Å². The molecule has 2 rings (SSSR count). The SMILES string of the molecule is CCC(C1CCCCC1)N1CCC(=O)C(C)C1. The van der Waals surface area contributed by atoms with E-state index in [0.717, 1.165) is 31.5 Å². The van der Waals surface area contributed by atoms with Gasteiger partial charge in [0, 0.05) is 31.5 Å². The van der Waals surface area contributed by atoms with Gasteiger partial charge >= 0.3 is 0 Å². The molecule has 17 heavy (non-hydrogen) atoms. The van der Waals surface area contributed by atoms with Gasteiger partial charge in [0.2, 0.25) is 0 Å². The monoisotopic (exact) mass is 237 g/mol. The van der Waals surface area contributed by atoms with Gasteiger partial charge in [-0.05, 0) is 25.2 Å². The van der Waals surface area contributed by atoms with Crippen LogP contribution in [-0.2, 0) is 4.79 Å². The molecule has 0 bridgehead atoms. The van der Waals surface area contributed by atoms with Gasteiger partial charge in [-0.15, -0.1) is 0 Å². The predicted octanol–water partition coefficient (Wildman–Crippen LogP) is 3.26. The molecule has 1 aliphatic heterocycles. The number of carbonyl (C=O) groups is 1. The minimum absolute atomic E-state index is 0.265. The van der Waals surface area contributed by atoms with Gasteiger partial charge in [0.15, 0.2) is 0 Å². The second kappa shape index (κ2) is 5.99. The summed E-state index contributed by atoms with van der Waals surface area (Å²) in [6.07, 6.45) is 9.14. The fourth-order valence-electron chi connectivity index (χ4n) is 3.75. The van der Waals surface area contributed by atoms with Crippen molar-refractivity contribution in [3.05, 3.63) is 0 Å². The smallest absolute Gasteiger partial charge is 0.138 e. The Bertz CT molecular complexity index is 258. The van der Waals surface area contributed by atoms with Crippen LogP contribution in [0.25, 0.3) is 0 Å². The van der Waals surface area contributed by atoms with Crippen molar-refractivity contribution >= 4 is 5.78 Å². The van der Waals surface area contributed by atoms with E-state index >= 15 is 0 Å². The lowest BCUT2D eigenvalue weighted by atomic mass is 9.81. The summed E-state index contributed by atoms with van der Waals surface area (Å²) >= 11 is 0. The number of piperidine rings is 1. The molecule has 0 N–H and O–H groups in total. The molecule has 98 valence electrons. The molecule has 2 nitrogen and oxygen atoms in total. The quantitative estimate of drug-likeness (QED) is 0.751. The van der Waals surface area contributed by atoms with Crippen LogP contribution in [0.3, 0.4) is 0 Å². The summed E-state index contributed by atoms with van der Waals surface area (Å²) in [7, 11) is 0. The Morgan fingerprint density at radius 1 is 1.29 bits per heavy atom. The standard InChI is InChI=1S/C15H27NO/c1-3-14(13-7-5-4-6-8-13)16-10-9-15(17)12(2)11-16/h12-14H,3-11H2,1-2H3. The highest BCUT2D eigenvalue weighted by Crippen LogP contribution is 2.32. The molecule has 0 amide bonds. The highest BCUT2D eigenvalue weighted by Gasteiger charge is 2.32. The average Bonchev–Trinajstić information content (AvgIpc) is 2.36. The summed E-state index contributed by atoms with van der Waals surface area (Å²) < 4.78 is 0.